The molecule has 6 nitrogen and oxygen atoms in total. The molecule has 2 heterocycles. The summed E-state index contributed by atoms with van der Waals surface area (Å²) in [5.74, 6) is 0.256. The maximum atomic E-state index is 13.2. The monoisotopic (exact) mass is 429 g/mol. The van der Waals surface area contributed by atoms with Gasteiger partial charge in [0.15, 0.2) is 0 Å². The van der Waals surface area contributed by atoms with Crippen LogP contribution >= 0.6 is 22.9 Å². The molecule has 0 aromatic carbocycles. The van der Waals surface area contributed by atoms with Crippen LogP contribution in [0.2, 0.25) is 0 Å². The van der Waals surface area contributed by atoms with Crippen LogP contribution in [-0.2, 0) is 9.59 Å². The lowest BCUT2D eigenvalue weighted by atomic mass is 9.66. The van der Waals surface area contributed by atoms with Crippen LogP contribution in [0.15, 0.2) is 11.1 Å². The first-order valence-electron chi connectivity index (χ1n) is 10.2. The van der Waals surface area contributed by atoms with Crippen molar-refractivity contribution < 1.29 is 14.7 Å². The van der Waals surface area contributed by atoms with Crippen molar-refractivity contribution in [2.24, 2.45) is 11.8 Å². The number of nitrogens with zero attached hydrogens (tertiary/aromatic N) is 2. The topological polar surface area (TPSA) is 92.2 Å². The van der Waals surface area contributed by atoms with Gasteiger partial charge < -0.3 is 10.4 Å². The normalized spacial score (nSPS) is 23.5. The van der Waals surface area contributed by atoms with Gasteiger partial charge in [-0.3, -0.25) is 4.79 Å². The van der Waals surface area contributed by atoms with Gasteiger partial charge in [-0.2, -0.15) is 4.37 Å². The van der Waals surface area contributed by atoms with Gasteiger partial charge in [-0.25, -0.2) is 9.78 Å². The number of carbonyl (C=O) groups excluding carboxylic acids is 1. The fourth-order valence-corrected chi connectivity index (χ4v) is 6.67. The zero-order chi connectivity index (χ0) is 20.3. The zero-order valence-electron chi connectivity index (χ0n) is 16.4. The molecule has 4 aliphatic carbocycles. The first-order valence-corrected chi connectivity index (χ1v) is 11.8. The molecule has 0 atom stereocenters. The van der Waals surface area contributed by atoms with E-state index in [1.54, 1.807) is 0 Å². The number of aromatic nitrogens is 2. The summed E-state index contributed by atoms with van der Waals surface area (Å²) in [6.07, 6.45) is 5.86. The number of thiophene rings is 1. The number of amides is 1. The Balaban J connectivity index is 1.50. The van der Waals surface area contributed by atoms with Gasteiger partial charge in [-0.05, 0) is 81.3 Å². The van der Waals surface area contributed by atoms with Crippen molar-refractivity contribution in [3.8, 4) is 10.6 Å². The number of aliphatic carboxylic acids is 1. The average molecular weight is 430 g/mol. The average Bonchev–Trinajstić information content (AvgIpc) is 3.39. The minimum atomic E-state index is -0.943. The van der Waals surface area contributed by atoms with Crippen LogP contribution in [0.3, 0.4) is 0 Å². The van der Waals surface area contributed by atoms with E-state index in [1.165, 1.54) is 22.9 Å². The van der Waals surface area contributed by atoms with Gasteiger partial charge in [0, 0.05) is 21.9 Å². The van der Waals surface area contributed by atoms with Gasteiger partial charge in [-0.1, -0.05) is 0 Å². The van der Waals surface area contributed by atoms with E-state index in [1.807, 2.05) is 13.8 Å². The number of aryl methyl sites for hydroxylation is 1. The molecule has 2 bridgehead atoms. The van der Waals surface area contributed by atoms with E-state index >= 15 is 0 Å². The highest BCUT2D eigenvalue weighted by Gasteiger charge is 2.41. The number of carboxylic acids is 1. The lowest BCUT2D eigenvalue weighted by molar-refractivity contribution is -0.134. The van der Waals surface area contributed by atoms with Crippen LogP contribution in [-0.4, -0.2) is 26.3 Å². The van der Waals surface area contributed by atoms with E-state index in [4.69, 9.17) is 4.98 Å². The number of fused-ring (bicyclic) bond motifs is 2. The first kappa shape index (κ1) is 18.9. The summed E-state index contributed by atoms with van der Waals surface area (Å²) in [5, 5.41) is 14.4. The molecule has 2 aromatic heterocycles. The molecule has 2 N–H and O–H groups in total. The van der Waals surface area contributed by atoms with Crippen molar-refractivity contribution in [2.45, 2.75) is 58.3 Å². The molecule has 2 fully saturated rings. The minimum Gasteiger partial charge on any atom is -0.478 e. The van der Waals surface area contributed by atoms with E-state index in [9.17, 15) is 14.7 Å². The molecular formula is C21H23N3O3S2. The Morgan fingerprint density at radius 1 is 1.00 bits per heavy atom. The van der Waals surface area contributed by atoms with Crippen LogP contribution in [0.25, 0.3) is 10.6 Å². The Morgan fingerprint density at radius 2 is 1.62 bits per heavy atom. The third-order valence-electron chi connectivity index (χ3n) is 6.52. The maximum absolute atomic E-state index is 13.2. The second-order valence-electron chi connectivity index (χ2n) is 8.35. The largest absolute Gasteiger partial charge is 0.478 e. The van der Waals surface area contributed by atoms with Crippen LogP contribution < -0.4 is 5.32 Å². The molecule has 6 rings (SSSR count). The lowest BCUT2D eigenvalue weighted by Crippen LogP contribution is -2.35. The molecule has 29 heavy (non-hydrogen) atoms. The minimum absolute atomic E-state index is 0.00814. The second kappa shape index (κ2) is 7.02. The molecule has 4 aliphatic rings. The third-order valence-corrected chi connectivity index (χ3v) is 8.39. The van der Waals surface area contributed by atoms with Crippen LogP contribution in [0.1, 0.15) is 60.7 Å². The Hall–Kier alpha value is -2.06. The van der Waals surface area contributed by atoms with Crippen molar-refractivity contribution in [1.82, 2.24) is 9.36 Å². The molecular weight excluding hydrogens is 406 g/mol. The molecule has 8 heteroatoms. The number of rotatable bonds is 5. The fraction of sp³-hybridized carbons (Fsp3) is 0.524. The molecule has 0 saturated heterocycles. The Kier molecular flexibility index (Phi) is 4.58. The Bertz CT molecular complexity index is 1040. The maximum Gasteiger partial charge on any atom is 0.332 e. The van der Waals surface area contributed by atoms with E-state index in [0.717, 1.165) is 70.4 Å². The summed E-state index contributed by atoms with van der Waals surface area (Å²) >= 11 is 2.91. The number of hydrogen-bond acceptors (Lipinski definition) is 6. The standard InChI is InChI=1S/C21H23N3O3S2/c1-9-10(2)28-19(14(9)20-22-17(24-29-20)13-7-8-13)23-18(25)15-11-3-5-12(6-4-11)16(15)21(26)27/h11-13H,3-8H2,1-2H3,(H,23,25)(H,26,27). The number of carboxylic acid groups (broad SMARTS) is 1. The van der Waals surface area contributed by atoms with Crippen molar-refractivity contribution >= 4 is 39.7 Å². The molecule has 0 spiro atoms. The quantitative estimate of drug-likeness (QED) is 0.705. The van der Waals surface area contributed by atoms with E-state index < -0.39 is 5.97 Å². The smallest absolute Gasteiger partial charge is 0.332 e. The van der Waals surface area contributed by atoms with Crippen molar-refractivity contribution in [3.63, 3.8) is 0 Å². The van der Waals surface area contributed by atoms with Crippen LogP contribution in [0.4, 0.5) is 5.00 Å². The fourth-order valence-electron chi connectivity index (χ4n) is 4.69. The molecule has 0 radical (unpaired) electrons. The third kappa shape index (κ3) is 3.22. The number of nitrogens with one attached hydrogen (secondary N) is 1. The van der Waals surface area contributed by atoms with Gasteiger partial charge in [0.1, 0.15) is 15.8 Å². The van der Waals surface area contributed by atoms with Gasteiger partial charge >= 0.3 is 5.97 Å². The number of carbonyl (C=O) groups is 2. The molecule has 152 valence electrons. The highest BCUT2D eigenvalue weighted by Crippen LogP contribution is 2.47. The summed E-state index contributed by atoms with van der Waals surface area (Å²) in [7, 11) is 0. The van der Waals surface area contributed by atoms with Gasteiger partial charge in [-0.15, -0.1) is 11.3 Å². The van der Waals surface area contributed by atoms with Crippen LogP contribution in [0.5, 0.6) is 0 Å². The van der Waals surface area contributed by atoms with Crippen molar-refractivity contribution in [3.05, 3.63) is 27.4 Å². The summed E-state index contributed by atoms with van der Waals surface area (Å²) in [5.41, 5.74) is 2.86. The van der Waals surface area contributed by atoms with Gasteiger partial charge in [0.05, 0.1) is 5.56 Å². The highest BCUT2D eigenvalue weighted by molar-refractivity contribution is 7.18. The van der Waals surface area contributed by atoms with E-state index in [0.29, 0.717) is 17.1 Å². The summed E-state index contributed by atoms with van der Waals surface area (Å²) < 4.78 is 4.52. The van der Waals surface area contributed by atoms with Crippen molar-refractivity contribution in [1.29, 1.82) is 0 Å². The van der Waals surface area contributed by atoms with Gasteiger partial charge in [0.2, 0.25) is 0 Å². The molecule has 2 saturated carbocycles. The second-order valence-corrected chi connectivity index (χ2v) is 10.3. The Morgan fingerprint density at radius 3 is 2.24 bits per heavy atom. The zero-order valence-corrected chi connectivity index (χ0v) is 18.1. The van der Waals surface area contributed by atoms with Crippen molar-refractivity contribution in [2.75, 3.05) is 5.32 Å². The summed E-state index contributed by atoms with van der Waals surface area (Å²) in [6.45, 7) is 4.08. The number of hydrogen-bond donors (Lipinski definition) is 2. The Labute approximate surface area is 177 Å². The molecule has 0 unspecified atom stereocenters. The van der Waals surface area contributed by atoms with E-state index in [2.05, 4.69) is 9.69 Å². The van der Waals surface area contributed by atoms with E-state index in [-0.39, 0.29) is 17.7 Å². The first-order chi connectivity index (χ1) is 13.9. The molecule has 2 aromatic rings. The predicted molar refractivity (Wildman–Crippen MR) is 113 cm³/mol. The number of anilines is 1. The molecule has 0 aliphatic heterocycles. The molecule has 1 amide bonds. The summed E-state index contributed by atoms with van der Waals surface area (Å²) in [6, 6.07) is 0. The lowest BCUT2D eigenvalue weighted by Gasteiger charge is -2.37. The summed E-state index contributed by atoms with van der Waals surface area (Å²) in [4.78, 5) is 31.0. The van der Waals surface area contributed by atoms with Crippen LogP contribution in [0, 0.1) is 25.7 Å². The highest BCUT2D eigenvalue weighted by atomic mass is 32.1. The van der Waals surface area contributed by atoms with Gasteiger partial charge in [0.25, 0.3) is 5.91 Å². The SMILES string of the molecule is Cc1sc(NC(=O)C2=C(C(=O)O)C3CCC2CC3)c(-c2nc(C3CC3)ns2)c1C. The predicted octanol–water partition coefficient (Wildman–Crippen LogP) is 4.90.